The SMILES string of the molecule is CCC1CN(c2cc(Cl)c(N)cc2C)CCS1. The zero-order valence-corrected chi connectivity index (χ0v) is 11.9. The van der Waals surface area contributed by atoms with Crippen LogP contribution in [0, 0.1) is 6.92 Å². The highest BCUT2D eigenvalue weighted by Gasteiger charge is 2.20. The minimum absolute atomic E-state index is 0.664. The summed E-state index contributed by atoms with van der Waals surface area (Å²) in [6.45, 7) is 6.57. The van der Waals surface area contributed by atoms with Gasteiger partial charge in [0.25, 0.3) is 0 Å². The van der Waals surface area contributed by atoms with Gasteiger partial charge in [-0.15, -0.1) is 0 Å². The Balaban J connectivity index is 2.24. The van der Waals surface area contributed by atoms with Gasteiger partial charge in [-0.2, -0.15) is 11.8 Å². The van der Waals surface area contributed by atoms with E-state index in [0.29, 0.717) is 10.7 Å². The van der Waals surface area contributed by atoms with Crippen LogP contribution < -0.4 is 10.6 Å². The largest absolute Gasteiger partial charge is 0.398 e. The number of rotatable bonds is 2. The summed E-state index contributed by atoms with van der Waals surface area (Å²) >= 11 is 8.19. The molecule has 1 aromatic rings. The Morgan fingerprint density at radius 3 is 3.00 bits per heavy atom. The maximum atomic E-state index is 6.12. The zero-order valence-electron chi connectivity index (χ0n) is 10.4. The first-order chi connectivity index (χ1) is 8.11. The Morgan fingerprint density at radius 1 is 1.53 bits per heavy atom. The third kappa shape index (κ3) is 2.83. The molecule has 94 valence electrons. The second kappa shape index (κ2) is 5.40. The molecule has 0 spiro atoms. The maximum Gasteiger partial charge on any atom is 0.0656 e. The van der Waals surface area contributed by atoms with E-state index in [9.17, 15) is 0 Å². The molecule has 1 saturated heterocycles. The number of anilines is 2. The van der Waals surface area contributed by atoms with Gasteiger partial charge < -0.3 is 10.6 Å². The molecule has 0 saturated carbocycles. The summed E-state index contributed by atoms with van der Waals surface area (Å²) in [5.41, 5.74) is 8.95. The Morgan fingerprint density at radius 2 is 2.29 bits per heavy atom. The first-order valence-electron chi connectivity index (χ1n) is 6.04. The number of aryl methyl sites for hydroxylation is 1. The number of halogens is 1. The molecule has 0 aliphatic carbocycles. The summed E-state index contributed by atoms with van der Waals surface area (Å²) in [5.74, 6) is 1.19. The second-order valence-corrected chi connectivity index (χ2v) is 6.32. The molecular formula is C13H19ClN2S. The third-order valence-corrected chi connectivity index (χ3v) is 4.95. The maximum absolute atomic E-state index is 6.12. The van der Waals surface area contributed by atoms with Crippen LogP contribution >= 0.6 is 23.4 Å². The summed E-state index contributed by atoms with van der Waals surface area (Å²) < 4.78 is 0. The first kappa shape index (κ1) is 12.9. The fourth-order valence-corrected chi connectivity index (χ4v) is 3.56. The molecule has 1 heterocycles. The third-order valence-electron chi connectivity index (χ3n) is 3.25. The van der Waals surface area contributed by atoms with E-state index < -0.39 is 0 Å². The smallest absolute Gasteiger partial charge is 0.0656 e. The van der Waals surface area contributed by atoms with E-state index in [1.165, 1.54) is 23.4 Å². The van der Waals surface area contributed by atoms with E-state index in [1.807, 2.05) is 12.1 Å². The molecule has 1 aliphatic heterocycles. The first-order valence-corrected chi connectivity index (χ1v) is 7.46. The second-order valence-electron chi connectivity index (χ2n) is 4.51. The predicted molar refractivity (Wildman–Crippen MR) is 79.4 cm³/mol. The molecule has 0 bridgehead atoms. The lowest BCUT2D eigenvalue weighted by Gasteiger charge is -2.34. The highest BCUT2D eigenvalue weighted by Crippen LogP contribution is 2.32. The summed E-state index contributed by atoms with van der Waals surface area (Å²) in [4.78, 5) is 2.44. The van der Waals surface area contributed by atoms with Crippen molar-refractivity contribution in [3.05, 3.63) is 22.7 Å². The van der Waals surface area contributed by atoms with Crippen molar-refractivity contribution >= 4 is 34.7 Å². The van der Waals surface area contributed by atoms with Crippen molar-refractivity contribution < 1.29 is 0 Å². The van der Waals surface area contributed by atoms with E-state index in [4.69, 9.17) is 17.3 Å². The van der Waals surface area contributed by atoms with Crippen LogP contribution in [0.3, 0.4) is 0 Å². The average Bonchev–Trinajstić information content (AvgIpc) is 2.34. The quantitative estimate of drug-likeness (QED) is 0.833. The molecule has 1 atom stereocenters. The normalized spacial score (nSPS) is 20.6. The van der Waals surface area contributed by atoms with Crippen LogP contribution in [0.25, 0.3) is 0 Å². The molecule has 0 amide bonds. The molecule has 17 heavy (non-hydrogen) atoms. The standard InChI is InChI=1S/C13H19ClN2S/c1-3-10-8-16(4-5-17-10)13-7-11(14)12(15)6-9(13)2/h6-7,10H,3-5,8,15H2,1-2H3. The lowest BCUT2D eigenvalue weighted by Crippen LogP contribution is -2.38. The molecule has 2 rings (SSSR count). The topological polar surface area (TPSA) is 29.3 Å². The van der Waals surface area contributed by atoms with Gasteiger partial charge in [-0.1, -0.05) is 18.5 Å². The number of thioether (sulfide) groups is 1. The van der Waals surface area contributed by atoms with Gasteiger partial charge in [-0.25, -0.2) is 0 Å². The Hall–Kier alpha value is -0.540. The molecule has 2 nitrogen and oxygen atoms in total. The number of benzene rings is 1. The Labute approximate surface area is 113 Å². The van der Waals surface area contributed by atoms with Crippen molar-refractivity contribution in [2.45, 2.75) is 25.5 Å². The Bertz CT molecular complexity index is 409. The number of hydrogen-bond acceptors (Lipinski definition) is 3. The average molecular weight is 271 g/mol. The Kier molecular flexibility index (Phi) is 4.10. The highest BCUT2D eigenvalue weighted by molar-refractivity contribution is 8.00. The van der Waals surface area contributed by atoms with Gasteiger partial charge in [0.15, 0.2) is 0 Å². The van der Waals surface area contributed by atoms with Crippen molar-refractivity contribution in [2.24, 2.45) is 0 Å². The van der Waals surface area contributed by atoms with Crippen LogP contribution in [0.5, 0.6) is 0 Å². The van der Waals surface area contributed by atoms with Gasteiger partial charge >= 0.3 is 0 Å². The van der Waals surface area contributed by atoms with Crippen molar-refractivity contribution in [1.29, 1.82) is 0 Å². The summed E-state index contributed by atoms with van der Waals surface area (Å²) in [6.07, 6.45) is 1.23. The van der Waals surface area contributed by atoms with E-state index >= 15 is 0 Å². The molecule has 1 aliphatic rings. The van der Waals surface area contributed by atoms with Crippen molar-refractivity contribution in [3.8, 4) is 0 Å². The molecule has 2 N–H and O–H groups in total. The van der Waals surface area contributed by atoms with Gasteiger partial charge in [0.05, 0.1) is 10.7 Å². The lowest BCUT2D eigenvalue weighted by atomic mass is 10.1. The van der Waals surface area contributed by atoms with Gasteiger partial charge in [0.2, 0.25) is 0 Å². The summed E-state index contributed by atoms with van der Waals surface area (Å²) in [5, 5.41) is 1.40. The predicted octanol–water partition coefficient (Wildman–Crippen LogP) is 3.56. The summed E-state index contributed by atoms with van der Waals surface area (Å²) in [6, 6.07) is 3.98. The van der Waals surface area contributed by atoms with Crippen molar-refractivity contribution in [1.82, 2.24) is 0 Å². The molecule has 4 heteroatoms. The van der Waals surface area contributed by atoms with E-state index in [0.717, 1.165) is 18.3 Å². The van der Waals surface area contributed by atoms with Gasteiger partial charge in [0, 0.05) is 29.8 Å². The van der Waals surface area contributed by atoms with E-state index in [1.54, 1.807) is 0 Å². The zero-order chi connectivity index (χ0) is 12.4. The number of nitrogens with two attached hydrogens (primary N) is 1. The fraction of sp³-hybridized carbons (Fsp3) is 0.538. The van der Waals surface area contributed by atoms with Gasteiger partial charge in [-0.05, 0) is 31.0 Å². The molecule has 0 aromatic heterocycles. The molecule has 1 fully saturated rings. The summed E-state index contributed by atoms with van der Waals surface area (Å²) in [7, 11) is 0. The number of hydrogen-bond donors (Lipinski definition) is 1. The van der Waals surface area contributed by atoms with Crippen LogP contribution in [0.2, 0.25) is 5.02 Å². The molecule has 1 unspecified atom stereocenters. The van der Waals surface area contributed by atoms with Crippen LogP contribution in [-0.4, -0.2) is 24.1 Å². The molecule has 0 radical (unpaired) electrons. The lowest BCUT2D eigenvalue weighted by molar-refractivity contribution is 0.727. The van der Waals surface area contributed by atoms with Crippen LogP contribution in [0.1, 0.15) is 18.9 Å². The van der Waals surface area contributed by atoms with Crippen LogP contribution in [0.4, 0.5) is 11.4 Å². The van der Waals surface area contributed by atoms with Crippen LogP contribution in [-0.2, 0) is 0 Å². The van der Waals surface area contributed by atoms with E-state index in [2.05, 4.69) is 30.5 Å². The minimum atomic E-state index is 0.664. The number of nitrogen functional groups attached to an aromatic ring is 1. The highest BCUT2D eigenvalue weighted by atomic mass is 35.5. The fourth-order valence-electron chi connectivity index (χ4n) is 2.22. The molecule has 1 aromatic carbocycles. The number of nitrogens with zero attached hydrogens (tertiary/aromatic N) is 1. The van der Waals surface area contributed by atoms with Gasteiger partial charge in [0.1, 0.15) is 0 Å². The van der Waals surface area contributed by atoms with E-state index in [-0.39, 0.29) is 0 Å². The molecular weight excluding hydrogens is 252 g/mol. The van der Waals surface area contributed by atoms with Crippen LogP contribution in [0.15, 0.2) is 12.1 Å². The van der Waals surface area contributed by atoms with Gasteiger partial charge in [-0.3, -0.25) is 0 Å². The van der Waals surface area contributed by atoms with Crippen molar-refractivity contribution in [3.63, 3.8) is 0 Å². The monoisotopic (exact) mass is 270 g/mol. The minimum Gasteiger partial charge on any atom is -0.398 e. The van der Waals surface area contributed by atoms with Crippen molar-refractivity contribution in [2.75, 3.05) is 29.5 Å².